The summed E-state index contributed by atoms with van der Waals surface area (Å²) in [5.74, 6) is 0.753. The first-order chi connectivity index (χ1) is 12.0. The molecule has 3 unspecified atom stereocenters. The molecule has 1 fully saturated rings. The molecule has 0 saturated carbocycles. The molecule has 3 atom stereocenters. The molecule has 3 N–H and O–H groups in total. The van der Waals surface area contributed by atoms with Gasteiger partial charge in [-0.15, -0.1) is 0 Å². The molecule has 0 radical (unpaired) electrons. The molecule has 0 bridgehead atoms. The van der Waals surface area contributed by atoms with E-state index in [1.165, 1.54) is 7.11 Å². The van der Waals surface area contributed by atoms with Gasteiger partial charge in [-0.3, -0.25) is 0 Å². The minimum atomic E-state index is -0.414. The lowest BCUT2D eigenvalue weighted by molar-refractivity contribution is -0.0998. The lowest BCUT2D eigenvalue weighted by Gasteiger charge is -2.33. The molecule has 0 spiro atoms. The van der Waals surface area contributed by atoms with Crippen LogP contribution in [0.2, 0.25) is 0 Å². The van der Waals surface area contributed by atoms with Gasteiger partial charge in [0.2, 0.25) is 0 Å². The average molecular weight is 344 g/mol. The highest BCUT2D eigenvalue weighted by Crippen LogP contribution is 2.36. The second-order valence-electron chi connectivity index (χ2n) is 6.51. The molecule has 3 rings (SSSR count). The first-order valence-electron chi connectivity index (χ1n) is 8.53. The van der Waals surface area contributed by atoms with E-state index in [9.17, 15) is 15.3 Å². The number of phenols is 2. The molecule has 134 valence electrons. The van der Waals surface area contributed by atoms with Gasteiger partial charge in [0.15, 0.2) is 11.5 Å². The Kier molecular flexibility index (Phi) is 5.46. The van der Waals surface area contributed by atoms with E-state index in [0.29, 0.717) is 18.6 Å². The highest BCUT2D eigenvalue weighted by atomic mass is 16.5. The number of hydrogen-bond acceptors (Lipinski definition) is 5. The van der Waals surface area contributed by atoms with Crippen molar-refractivity contribution < 1.29 is 24.8 Å². The number of methoxy groups -OCH3 is 1. The number of aliphatic hydroxyl groups excluding tert-OH is 1. The zero-order valence-electron chi connectivity index (χ0n) is 14.3. The van der Waals surface area contributed by atoms with Gasteiger partial charge in [-0.05, 0) is 54.7 Å². The average Bonchev–Trinajstić information content (AvgIpc) is 2.61. The predicted molar refractivity (Wildman–Crippen MR) is 93.9 cm³/mol. The van der Waals surface area contributed by atoms with Crippen LogP contribution in [-0.4, -0.2) is 34.6 Å². The third-order valence-corrected chi connectivity index (χ3v) is 4.64. The van der Waals surface area contributed by atoms with Crippen LogP contribution in [0.5, 0.6) is 17.2 Å². The monoisotopic (exact) mass is 344 g/mol. The van der Waals surface area contributed by atoms with Crippen LogP contribution in [0.4, 0.5) is 0 Å². The standard InChI is InChI=1S/C20H24O5/c1-24-20-10-14(5-9-18(20)23)19-12-16(22)11-17(25-19)8-4-13-2-6-15(21)7-3-13/h2-3,5-7,9-10,16-17,19,21-23H,4,8,11-12H2,1H3. The predicted octanol–water partition coefficient (Wildman–Crippen LogP) is 3.32. The van der Waals surface area contributed by atoms with Gasteiger partial charge in [-0.1, -0.05) is 18.2 Å². The van der Waals surface area contributed by atoms with Gasteiger partial charge < -0.3 is 24.8 Å². The van der Waals surface area contributed by atoms with E-state index < -0.39 is 6.10 Å². The number of ether oxygens (including phenoxy) is 2. The van der Waals surface area contributed by atoms with Crippen LogP contribution in [0.15, 0.2) is 42.5 Å². The van der Waals surface area contributed by atoms with Crippen LogP contribution in [-0.2, 0) is 11.2 Å². The van der Waals surface area contributed by atoms with E-state index in [0.717, 1.165) is 24.0 Å². The Labute approximate surface area is 147 Å². The normalized spacial score (nSPS) is 23.4. The third kappa shape index (κ3) is 4.44. The number of aliphatic hydroxyl groups is 1. The Balaban J connectivity index is 1.65. The van der Waals surface area contributed by atoms with Crippen molar-refractivity contribution in [3.8, 4) is 17.2 Å². The summed E-state index contributed by atoms with van der Waals surface area (Å²) >= 11 is 0. The largest absolute Gasteiger partial charge is 0.508 e. The lowest BCUT2D eigenvalue weighted by atomic mass is 9.93. The molecule has 1 saturated heterocycles. The molecule has 1 aliphatic heterocycles. The molecule has 1 heterocycles. The van der Waals surface area contributed by atoms with E-state index in [4.69, 9.17) is 9.47 Å². The van der Waals surface area contributed by atoms with Crippen molar-refractivity contribution in [3.05, 3.63) is 53.6 Å². The van der Waals surface area contributed by atoms with Crippen molar-refractivity contribution in [2.24, 2.45) is 0 Å². The summed E-state index contributed by atoms with van der Waals surface area (Å²) in [7, 11) is 1.51. The maximum Gasteiger partial charge on any atom is 0.160 e. The highest BCUT2D eigenvalue weighted by molar-refractivity contribution is 5.42. The minimum absolute atomic E-state index is 0.0395. The van der Waals surface area contributed by atoms with Gasteiger partial charge in [0.05, 0.1) is 25.4 Å². The molecule has 0 amide bonds. The molecule has 5 heteroatoms. The van der Waals surface area contributed by atoms with Crippen LogP contribution >= 0.6 is 0 Å². The number of benzene rings is 2. The molecule has 0 aromatic heterocycles. The summed E-state index contributed by atoms with van der Waals surface area (Å²) in [5, 5.41) is 29.3. The van der Waals surface area contributed by atoms with Crippen molar-refractivity contribution in [1.29, 1.82) is 0 Å². The summed E-state index contributed by atoms with van der Waals surface area (Å²) in [6, 6.07) is 12.3. The smallest absolute Gasteiger partial charge is 0.160 e. The number of phenolic OH excluding ortho intramolecular Hbond substituents is 2. The molecule has 2 aromatic rings. The summed E-state index contributed by atoms with van der Waals surface area (Å²) in [5.41, 5.74) is 2.02. The summed E-state index contributed by atoms with van der Waals surface area (Å²) in [4.78, 5) is 0. The van der Waals surface area contributed by atoms with Crippen LogP contribution in [0, 0.1) is 0 Å². The minimum Gasteiger partial charge on any atom is -0.508 e. The second-order valence-corrected chi connectivity index (χ2v) is 6.51. The van der Waals surface area contributed by atoms with Crippen molar-refractivity contribution >= 4 is 0 Å². The van der Waals surface area contributed by atoms with Gasteiger partial charge in [0, 0.05) is 6.42 Å². The fraction of sp³-hybridized carbons (Fsp3) is 0.400. The zero-order valence-corrected chi connectivity index (χ0v) is 14.3. The molecule has 25 heavy (non-hydrogen) atoms. The van der Waals surface area contributed by atoms with Crippen LogP contribution < -0.4 is 4.74 Å². The van der Waals surface area contributed by atoms with Crippen LogP contribution in [0.3, 0.4) is 0 Å². The Morgan fingerprint density at radius 2 is 1.84 bits per heavy atom. The molecular formula is C20H24O5. The van der Waals surface area contributed by atoms with Crippen molar-refractivity contribution in [3.63, 3.8) is 0 Å². The topological polar surface area (TPSA) is 79.2 Å². The summed E-state index contributed by atoms with van der Waals surface area (Å²) in [6.45, 7) is 0. The van der Waals surface area contributed by atoms with Gasteiger partial charge in [0.1, 0.15) is 5.75 Å². The van der Waals surface area contributed by atoms with Gasteiger partial charge in [-0.2, -0.15) is 0 Å². The zero-order chi connectivity index (χ0) is 17.8. The molecule has 5 nitrogen and oxygen atoms in total. The van der Waals surface area contributed by atoms with Crippen molar-refractivity contribution in [2.75, 3.05) is 7.11 Å². The Morgan fingerprint density at radius 1 is 1.08 bits per heavy atom. The number of aryl methyl sites for hydroxylation is 1. The van der Waals surface area contributed by atoms with E-state index in [-0.39, 0.29) is 23.7 Å². The number of rotatable bonds is 5. The summed E-state index contributed by atoms with van der Waals surface area (Å²) in [6.07, 6.45) is 2.10. The van der Waals surface area contributed by atoms with E-state index in [2.05, 4.69) is 0 Å². The molecular weight excluding hydrogens is 320 g/mol. The first kappa shape index (κ1) is 17.6. The first-order valence-corrected chi connectivity index (χ1v) is 8.53. The van der Waals surface area contributed by atoms with Gasteiger partial charge in [-0.25, -0.2) is 0 Å². The van der Waals surface area contributed by atoms with Gasteiger partial charge in [0.25, 0.3) is 0 Å². The van der Waals surface area contributed by atoms with Crippen molar-refractivity contribution in [2.45, 2.75) is 44.0 Å². The molecule has 1 aliphatic rings. The third-order valence-electron chi connectivity index (χ3n) is 4.64. The van der Waals surface area contributed by atoms with E-state index >= 15 is 0 Å². The Morgan fingerprint density at radius 3 is 2.56 bits per heavy atom. The summed E-state index contributed by atoms with van der Waals surface area (Å²) < 4.78 is 11.3. The van der Waals surface area contributed by atoms with E-state index in [1.807, 2.05) is 12.1 Å². The maximum atomic E-state index is 10.2. The fourth-order valence-corrected chi connectivity index (χ4v) is 3.28. The quantitative estimate of drug-likeness (QED) is 0.775. The maximum absolute atomic E-state index is 10.2. The molecule has 0 aliphatic carbocycles. The van der Waals surface area contributed by atoms with Crippen LogP contribution in [0.25, 0.3) is 0 Å². The Bertz CT molecular complexity index is 698. The van der Waals surface area contributed by atoms with E-state index in [1.54, 1.807) is 30.3 Å². The number of hydrogen-bond donors (Lipinski definition) is 3. The number of aromatic hydroxyl groups is 2. The fourth-order valence-electron chi connectivity index (χ4n) is 3.28. The Hall–Kier alpha value is -2.24. The lowest BCUT2D eigenvalue weighted by Crippen LogP contribution is -2.31. The second kappa shape index (κ2) is 7.76. The van der Waals surface area contributed by atoms with Gasteiger partial charge >= 0.3 is 0 Å². The van der Waals surface area contributed by atoms with Crippen molar-refractivity contribution in [1.82, 2.24) is 0 Å². The SMILES string of the molecule is COc1cc(C2CC(O)CC(CCc3ccc(O)cc3)O2)ccc1O. The van der Waals surface area contributed by atoms with Crippen LogP contribution in [0.1, 0.15) is 36.5 Å². The molecule has 2 aromatic carbocycles. The highest BCUT2D eigenvalue weighted by Gasteiger charge is 2.29.